The van der Waals surface area contributed by atoms with Crippen LogP contribution in [0, 0.1) is 5.92 Å². The van der Waals surface area contributed by atoms with Crippen molar-refractivity contribution in [1.29, 1.82) is 0 Å². The van der Waals surface area contributed by atoms with Gasteiger partial charge in [0.25, 0.3) is 0 Å². The topological polar surface area (TPSA) is 26.3 Å². The van der Waals surface area contributed by atoms with Crippen LogP contribution < -0.4 is 0 Å². The maximum Gasteiger partial charge on any atom is 0.161 e. The van der Waals surface area contributed by atoms with Crippen molar-refractivity contribution in [2.45, 2.75) is 70.3 Å². The first-order valence-corrected chi connectivity index (χ1v) is 7.00. The summed E-state index contributed by atoms with van der Waals surface area (Å²) in [6.07, 6.45) is 12.6. The summed E-state index contributed by atoms with van der Waals surface area (Å²) in [5.41, 5.74) is 0. The van der Waals surface area contributed by atoms with Gasteiger partial charge in [-0.1, -0.05) is 38.5 Å². The van der Waals surface area contributed by atoms with Crippen LogP contribution in [0.15, 0.2) is 0 Å². The summed E-state index contributed by atoms with van der Waals surface area (Å²) in [5.74, 6) is 0.688. The lowest BCUT2D eigenvalue weighted by Crippen LogP contribution is -2.22. The molecular formula is C14H24O2. The highest BCUT2D eigenvalue weighted by atomic mass is 16.5. The summed E-state index contributed by atoms with van der Waals surface area (Å²) in [6.45, 7) is 0.384. The van der Waals surface area contributed by atoms with Crippen LogP contribution in [0.4, 0.5) is 0 Å². The third-order valence-electron chi connectivity index (χ3n) is 4.07. The van der Waals surface area contributed by atoms with Gasteiger partial charge in [0.1, 0.15) is 6.61 Å². The maximum absolute atomic E-state index is 11.8. The number of hydrogen-bond acceptors (Lipinski definition) is 2. The van der Waals surface area contributed by atoms with Crippen molar-refractivity contribution in [2.24, 2.45) is 5.92 Å². The van der Waals surface area contributed by atoms with E-state index in [4.69, 9.17) is 4.74 Å². The first kappa shape index (κ1) is 12.1. The van der Waals surface area contributed by atoms with E-state index >= 15 is 0 Å². The Labute approximate surface area is 98.7 Å². The first-order chi connectivity index (χ1) is 7.86. The highest BCUT2D eigenvalue weighted by Gasteiger charge is 2.23. The Kier molecular flexibility index (Phi) is 4.83. The summed E-state index contributed by atoms with van der Waals surface area (Å²) in [7, 11) is 0. The van der Waals surface area contributed by atoms with Crippen LogP contribution in [0.5, 0.6) is 0 Å². The molecule has 92 valence electrons. The highest BCUT2D eigenvalue weighted by molar-refractivity contribution is 5.82. The second-order valence-corrected chi connectivity index (χ2v) is 5.37. The van der Waals surface area contributed by atoms with E-state index in [-0.39, 0.29) is 0 Å². The van der Waals surface area contributed by atoms with E-state index in [1.165, 1.54) is 38.5 Å². The molecular weight excluding hydrogens is 200 g/mol. The van der Waals surface area contributed by atoms with Gasteiger partial charge in [-0.2, -0.15) is 0 Å². The van der Waals surface area contributed by atoms with E-state index in [2.05, 4.69) is 0 Å². The van der Waals surface area contributed by atoms with Crippen LogP contribution in [0.25, 0.3) is 0 Å². The number of hydrogen-bond donors (Lipinski definition) is 0. The molecule has 0 spiro atoms. The summed E-state index contributed by atoms with van der Waals surface area (Å²) in [4.78, 5) is 11.8. The average molecular weight is 224 g/mol. The number of ketones is 1. The fraction of sp³-hybridized carbons (Fsp3) is 0.929. The van der Waals surface area contributed by atoms with Gasteiger partial charge in [0.15, 0.2) is 5.78 Å². The Morgan fingerprint density at radius 1 is 0.875 bits per heavy atom. The minimum absolute atomic E-state index is 0.325. The van der Waals surface area contributed by atoms with E-state index in [0.717, 1.165) is 25.7 Å². The van der Waals surface area contributed by atoms with Crippen LogP contribution in [0.3, 0.4) is 0 Å². The summed E-state index contributed by atoms with van der Waals surface area (Å²) in [5, 5.41) is 0. The van der Waals surface area contributed by atoms with Crippen LogP contribution in [-0.2, 0) is 9.53 Å². The Bertz CT molecular complexity index is 211. The molecule has 0 aromatic rings. The Balaban J connectivity index is 1.67. The molecule has 0 N–H and O–H groups in total. The molecule has 2 saturated carbocycles. The number of Topliss-reactive ketones (excluding diaryl/α,β-unsaturated/α-hetero) is 1. The van der Waals surface area contributed by atoms with Crippen molar-refractivity contribution in [3.63, 3.8) is 0 Å². The Morgan fingerprint density at radius 2 is 1.44 bits per heavy atom. The van der Waals surface area contributed by atoms with Gasteiger partial charge >= 0.3 is 0 Å². The molecule has 0 bridgehead atoms. The average Bonchev–Trinajstić information content (AvgIpc) is 2.71. The molecule has 2 fully saturated rings. The second-order valence-electron chi connectivity index (χ2n) is 5.37. The minimum Gasteiger partial charge on any atom is -0.370 e. The summed E-state index contributed by atoms with van der Waals surface area (Å²) in [6, 6.07) is 0. The molecule has 0 atom stereocenters. The molecule has 16 heavy (non-hydrogen) atoms. The van der Waals surface area contributed by atoms with E-state index in [1.807, 2.05) is 0 Å². The van der Waals surface area contributed by atoms with Crippen molar-refractivity contribution in [3.8, 4) is 0 Å². The SMILES string of the molecule is O=C(COC1CCCCCC1)C1CCCC1. The van der Waals surface area contributed by atoms with Gasteiger partial charge in [-0.15, -0.1) is 0 Å². The minimum atomic E-state index is 0.325. The van der Waals surface area contributed by atoms with E-state index in [1.54, 1.807) is 0 Å². The Morgan fingerprint density at radius 3 is 2.06 bits per heavy atom. The largest absolute Gasteiger partial charge is 0.370 e. The molecule has 0 unspecified atom stereocenters. The molecule has 0 amide bonds. The maximum atomic E-state index is 11.8. The van der Waals surface area contributed by atoms with Crippen molar-refractivity contribution in [3.05, 3.63) is 0 Å². The summed E-state index contributed by atoms with van der Waals surface area (Å²) < 4.78 is 5.79. The van der Waals surface area contributed by atoms with Crippen LogP contribution in [0.1, 0.15) is 64.2 Å². The number of carbonyl (C=O) groups excluding carboxylic acids is 1. The molecule has 2 nitrogen and oxygen atoms in total. The predicted octanol–water partition coefficient (Wildman–Crippen LogP) is 3.49. The molecule has 2 heteroatoms. The van der Waals surface area contributed by atoms with Gasteiger partial charge in [0, 0.05) is 5.92 Å². The molecule has 0 aliphatic heterocycles. The second kappa shape index (κ2) is 6.39. The van der Waals surface area contributed by atoms with Gasteiger partial charge < -0.3 is 4.74 Å². The molecule has 2 aliphatic carbocycles. The molecule has 2 rings (SSSR count). The summed E-state index contributed by atoms with van der Waals surface area (Å²) >= 11 is 0. The zero-order valence-corrected chi connectivity index (χ0v) is 10.2. The molecule has 0 radical (unpaired) electrons. The monoisotopic (exact) mass is 224 g/mol. The van der Waals surface area contributed by atoms with Gasteiger partial charge in [-0.05, 0) is 25.7 Å². The van der Waals surface area contributed by atoms with Crippen molar-refractivity contribution in [2.75, 3.05) is 6.61 Å². The lowest BCUT2D eigenvalue weighted by Gasteiger charge is -2.16. The van der Waals surface area contributed by atoms with Gasteiger partial charge in [-0.25, -0.2) is 0 Å². The predicted molar refractivity (Wildman–Crippen MR) is 64.4 cm³/mol. The van der Waals surface area contributed by atoms with Crippen LogP contribution in [-0.4, -0.2) is 18.5 Å². The molecule has 0 aromatic carbocycles. The van der Waals surface area contributed by atoms with Gasteiger partial charge in [-0.3, -0.25) is 4.79 Å². The fourth-order valence-electron chi connectivity index (χ4n) is 2.97. The van der Waals surface area contributed by atoms with Crippen molar-refractivity contribution in [1.82, 2.24) is 0 Å². The Hall–Kier alpha value is -0.370. The van der Waals surface area contributed by atoms with Crippen molar-refractivity contribution >= 4 is 5.78 Å². The van der Waals surface area contributed by atoms with Gasteiger partial charge in [0.05, 0.1) is 6.10 Å². The molecule has 2 aliphatic rings. The lowest BCUT2D eigenvalue weighted by atomic mass is 10.0. The molecule has 0 aromatic heterocycles. The highest BCUT2D eigenvalue weighted by Crippen LogP contribution is 2.26. The van der Waals surface area contributed by atoms with Crippen LogP contribution in [0.2, 0.25) is 0 Å². The normalized spacial score (nSPS) is 24.5. The van der Waals surface area contributed by atoms with E-state index in [9.17, 15) is 4.79 Å². The zero-order chi connectivity index (χ0) is 11.2. The fourth-order valence-corrected chi connectivity index (χ4v) is 2.97. The standard InChI is InChI=1S/C14H24O2/c15-14(12-7-5-6-8-12)11-16-13-9-3-1-2-4-10-13/h12-13H,1-11H2. The van der Waals surface area contributed by atoms with E-state index in [0.29, 0.717) is 24.4 Å². The number of rotatable bonds is 4. The third kappa shape index (κ3) is 3.58. The van der Waals surface area contributed by atoms with Crippen molar-refractivity contribution < 1.29 is 9.53 Å². The molecule has 0 saturated heterocycles. The number of ether oxygens (including phenoxy) is 1. The van der Waals surface area contributed by atoms with Crippen LogP contribution >= 0.6 is 0 Å². The number of carbonyl (C=O) groups is 1. The third-order valence-corrected chi connectivity index (χ3v) is 4.07. The van der Waals surface area contributed by atoms with E-state index < -0.39 is 0 Å². The first-order valence-electron chi connectivity index (χ1n) is 7.00. The quantitative estimate of drug-likeness (QED) is 0.683. The smallest absolute Gasteiger partial charge is 0.161 e. The zero-order valence-electron chi connectivity index (χ0n) is 10.2. The lowest BCUT2D eigenvalue weighted by molar-refractivity contribution is -0.129. The molecule has 0 heterocycles. The van der Waals surface area contributed by atoms with Gasteiger partial charge in [0.2, 0.25) is 0 Å².